The van der Waals surface area contributed by atoms with E-state index >= 15 is 0 Å². The van der Waals surface area contributed by atoms with Crippen LogP contribution in [0.25, 0.3) is 11.4 Å². The van der Waals surface area contributed by atoms with E-state index in [4.69, 9.17) is 5.73 Å². The summed E-state index contributed by atoms with van der Waals surface area (Å²) in [6.45, 7) is 7.15. The summed E-state index contributed by atoms with van der Waals surface area (Å²) in [5, 5.41) is 4.40. The number of hydrogen-bond donors (Lipinski definition) is 1. The summed E-state index contributed by atoms with van der Waals surface area (Å²) in [6.07, 6.45) is 1.59. The minimum atomic E-state index is -0.368. The first-order chi connectivity index (χ1) is 10.1. The Kier molecular flexibility index (Phi) is 4.57. The SMILES string of the molecule is CCN(CC)C(=O)C(C)n1cnc(-c2cccc(N)c2)n1. The van der Waals surface area contributed by atoms with E-state index < -0.39 is 0 Å². The van der Waals surface area contributed by atoms with E-state index in [2.05, 4.69) is 10.1 Å². The van der Waals surface area contributed by atoms with Gasteiger partial charge in [0.15, 0.2) is 5.82 Å². The van der Waals surface area contributed by atoms with Crippen molar-refractivity contribution in [2.24, 2.45) is 0 Å². The molecule has 0 spiro atoms. The lowest BCUT2D eigenvalue weighted by atomic mass is 10.2. The number of carbonyl (C=O) groups excluding carboxylic acids is 1. The number of likely N-dealkylation sites (N-methyl/N-ethyl adjacent to an activating group) is 1. The van der Waals surface area contributed by atoms with Gasteiger partial charge in [-0.3, -0.25) is 4.79 Å². The van der Waals surface area contributed by atoms with Gasteiger partial charge >= 0.3 is 0 Å². The van der Waals surface area contributed by atoms with Crippen molar-refractivity contribution in [3.63, 3.8) is 0 Å². The summed E-state index contributed by atoms with van der Waals surface area (Å²) in [5.74, 6) is 0.616. The van der Waals surface area contributed by atoms with Crippen LogP contribution in [0.3, 0.4) is 0 Å². The van der Waals surface area contributed by atoms with Crippen LogP contribution in [0, 0.1) is 0 Å². The second-order valence-corrected chi connectivity index (χ2v) is 4.86. The lowest BCUT2D eigenvalue weighted by molar-refractivity contribution is -0.134. The maximum atomic E-state index is 12.3. The quantitative estimate of drug-likeness (QED) is 0.853. The van der Waals surface area contributed by atoms with E-state index in [0.29, 0.717) is 24.6 Å². The molecule has 1 heterocycles. The van der Waals surface area contributed by atoms with E-state index in [1.807, 2.05) is 45.0 Å². The monoisotopic (exact) mass is 287 g/mol. The average molecular weight is 287 g/mol. The molecular weight excluding hydrogens is 266 g/mol. The molecule has 0 aliphatic carbocycles. The largest absolute Gasteiger partial charge is 0.399 e. The normalized spacial score (nSPS) is 12.1. The van der Waals surface area contributed by atoms with Crippen molar-refractivity contribution in [1.82, 2.24) is 19.7 Å². The van der Waals surface area contributed by atoms with Gasteiger partial charge in [0.2, 0.25) is 5.91 Å². The molecule has 1 unspecified atom stereocenters. The fourth-order valence-electron chi connectivity index (χ4n) is 2.18. The van der Waals surface area contributed by atoms with Crippen molar-refractivity contribution in [3.05, 3.63) is 30.6 Å². The maximum Gasteiger partial charge on any atom is 0.247 e. The van der Waals surface area contributed by atoms with Gasteiger partial charge in [-0.2, -0.15) is 5.10 Å². The van der Waals surface area contributed by atoms with Crippen LogP contribution < -0.4 is 5.73 Å². The van der Waals surface area contributed by atoms with Gasteiger partial charge in [0.1, 0.15) is 12.4 Å². The van der Waals surface area contributed by atoms with Crippen molar-refractivity contribution in [2.75, 3.05) is 18.8 Å². The Morgan fingerprint density at radius 1 is 1.38 bits per heavy atom. The minimum Gasteiger partial charge on any atom is -0.399 e. The van der Waals surface area contributed by atoms with Crippen LogP contribution in [0.4, 0.5) is 5.69 Å². The summed E-state index contributed by atoms with van der Waals surface area (Å²) < 4.78 is 1.60. The third-order valence-corrected chi connectivity index (χ3v) is 3.48. The number of rotatable bonds is 5. The van der Waals surface area contributed by atoms with Crippen molar-refractivity contribution < 1.29 is 4.79 Å². The minimum absolute atomic E-state index is 0.0454. The molecule has 1 atom stereocenters. The zero-order chi connectivity index (χ0) is 15.4. The highest BCUT2D eigenvalue weighted by molar-refractivity contribution is 5.80. The fourth-order valence-corrected chi connectivity index (χ4v) is 2.18. The topological polar surface area (TPSA) is 77.0 Å². The van der Waals surface area contributed by atoms with Gasteiger partial charge in [0.05, 0.1) is 0 Å². The third-order valence-electron chi connectivity index (χ3n) is 3.48. The third kappa shape index (κ3) is 3.21. The summed E-state index contributed by atoms with van der Waals surface area (Å²) in [4.78, 5) is 18.4. The van der Waals surface area contributed by atoms with Gasteiger partial charge < -0.3 is 10.6 Å². The number of nitrogen functional groups attached to an aromatic ring is 1. The molecule has 1 aromatic carbocycles. The van der Waals surface area contributed by atoms with E-state index in [-0.39, 0.29) is 11.9 Å². The lowest BCUT2D eigenvalue weighted by Gasteiger charge is -2.22. The molecule has 0 saturated heterocycles. The Morgan fingerprint density at radius 2 is 2.10 bits per heavy atom. The smallest absolute Gasteiger partial charge is 0.247 e. The van der Waals surface area contributed by atoms with Gasteiger partial charge in [0, 0.05) is 24.3 Å². The van der Waals surface area contributed by atoms with Crippen molar-refractivity contribution >= 4 is 11.6 Å². The van der Waals surface area contributed by atoms with E-state index in [0.717, 1.165) is 5.56 Å². The van der Waals surface area contributed by atoms with Crippen LogP contribution in [0.5, 0.6) is 0 Å². The van der Waals surface area contributed by atoms with Gasteiger partial charge in [-0.1, -0.05) is 12.1 Å². The van der Waals surface area contributed by atoms with E-state index in [1.165, 1.54) is 0 Å². The van der Waals surface area contributed by atoms with Gasteiger partial charge in [0.25, 0.3) is 0 Å². The Labute approximate surface area is 124 Å². The summed E-state index contributed by atoms with van der Waals surface area (Å²) in [6, 6.07) is 7.01. The van der Waals surface area contributed by atoms with Gasteiger partial charge in [-0.25, -0.2) is 9.67 Å². The van der Waals surface area contributed by atoms with Crippen LogP contribution in [0.15, 0.2) is 30.6 Å². The fraction of sp³-hybridized carbons (Fsp3) is 0.400. The molecule has 0 saturated carbocycles. The molecule has 0 aliphatic rings. The number of aromatic nitrogens is 3. The Bertz CT molecular complexity index is 618. The zero-order valence-electron chi connectivity index (χ0n) is 12.7. The number of anilines is 1. The van der Waals surface area contributed by atoms with E-state index in [9.17, 15) is 4.79 Å². The molecule has 1 amide bonds. The van der Waals surface area contributed by atoms with Crippen molar-refractivity contribution in [2.45, 2.75) is 26.8 Å². The predicted octanol–water partition coefficient (Wildman–Crippen LogP) is 1.96. The number of benzene rings is 1. The first-order valence-electron chi connectivity index (χ1n) is 7.12. The summed E-state index contributed by atoms with van der Waals surface area (Å²) in [5.41, 5.74) is 7.27. The molecular formula is C15H21N5O. The highest BCUT2D eigenvalue weighted by atomic mass is 16.2. The molecule has 112 valence electrons. The Morgan fingerprint density at radius 3 is 2.71 bits per heavy atom. The summed E-state index contributed by atoms with van der Waals surface area (Å²) >= 11 is 0. The second kappa shape index (κ2) is 6.39. The molecule has 2 rings (SSSR count). The molecule has 0 bridgehead atoms. The summed E-state index contributed by atoms with van der Waals surface area (Å²) in [7, 11) is 0. The molecule has 2 aromatic rings. The first kappa shape index (κ1) is 15.0. The van der Waals surface area contributed by atoms with Crippen molar-refractivity contribution in [1.29, 1.82) is 0 Å². The Hall–Kier alpha value is -2.37. The highest BCUT2D eigenvalue weighted by Gasteiger charge is 2.21. The van der Waals surface area contributed by atoms with Crippen LogP contribution in [-0.2, 0) is 4.79 Å². The van der Waals surface area contributed by atoms with Crippen LogP contribution in [0.1, 0.15) is 26.8 Å². The second-order valence-electron chi connectivity index (χ2n) is 4.86. The molecule has 1 aromatic heterocycles. The molecule has 6 nitrogen and oxygen atoms in total. The van der Waals surface area contributed by atoms with E-state index in [1.54, 1.807) is 15.9 Å². The standard InChI is InChI=1S/C15H21N5O/c1-4-19(5-2)15(21)11(3)20-10-17-14(18-20)12-7-6-8-13(16)9-12/h6-11H,4-5,16H2,1-3H3. The molecule has 6 heteroatoms. The molecule has 21 heavy (non-hydrogen) atoms. The lowest BCUT2D eigenvalue weighted by Crippen LogP contribution is -2.36. The first-order valence-corrected chi connectivity index (χ1v) is 7.12. The number of carbonyl (C=O) groups is 1. The highest BCUT2D eigenvalue weighted by Crippen LogP contribution is 2.18. The van der Waals surface area contributed by atoms with Crippen LogP contribution >= 0.6 is 0 Å². The van der Waals surface area contributed by atoms with Crippen LogP contribution in [-0.4, -0.2) is 38.7 Å². The van der Waals surface area contributed by atoms with Crippen molar-refractivity contribution in [3.8, 4) is 11.4 Å². The zero-order valence-corrected chi connectivity index (χ0v) is 12.7. The molecule has 0 radical (unpaired) electrons. The number of hydrogen-bond acceptors (Lipinski definition) is 4. The molecule has 0 fully saturated rings. The van der Waals surface area contributed by atoms with Crippen LogP contribution in [0.2, 0.25) is 0 Å². The Balaban J connectivity index is 2.21. The number of nitrogens with zero attached hydrogens (tertiary/aromatic N) is 4. The maximum absolute atomic E-state index is 12.3. The van der Waals surface area contributed by atoms with Gasteiger partial charge in [-0.15, -0.1) is 0 Å². The number of nitrogens with two attached hydrogens (primary N) is 1. The predicted molar refractivity (Wildman–Crippen MR) is 82.5 cm³/mol. The average Bonchev–Trinajstić information content (AvgIpc) is 2.97. The van der Waals surface area contributed by atoms with Gasteiger partial charge in [-0.05, 0) is 32.9 Å². The number of amides is 1. The molecule has 2 N–H and O–H groups in total. The molecule has 0 aliphatic heterocycles.